The van der Waals surface area contributed by atoms with Gasteiger partial charge in [0.15, 0.2) is 5.13 Å². The molecule has 1 saturated heterocycles. The number of anilines is 1. The van der Waals surface area contributed by atoms with Gasteiger partial charge in [0.2, 0.25) is 5.91 Å². The highest BCUT2D eigenvalue weighted by atomic mass is 32.2. The summed E-state index contributed by atoms with van der Waals surface area (Å²) < 4.78 is 0.539. The topological polar surface area (TPSA) is 62.3 Å². The fourth-order valence-corrected chi connectivity index (χ4v) is 4.70. The second kappa shape index (κ2) is 9.45. The molecular weight excluding hydrogens is 410 g/mol. The van der Waals surface area contributed by atoms with E-state index in [1.165, 1.54) is 28.7 Å². The van der Waals surface area contributed by atoms with Crippen LogP contribution in [0.1, 0.15) is 36.6 Å². The number of nitrogens with zero attached hydrogens (tertiary/aromatic N) is 2. The first-order chi connectivity index (χ1) is 13.5. The third kappa shape index (κ3) is 5.27. The largest absolute Gasteiger partial charge is 0.302 e. The van der Waals surface area contributed by atoms with Gasteiger partial charge in [-0.1, -0.05) is 55.2 Å². The predicted molar refractivity (Wildman–Crippen MR) is 120 cm³/mol. The first-order valence-corrected chi connectivity index (χ1v) is 11.1. The molecule has 1 N–H and O–H groups in total. The number of aromatic nitrogens is 1. The number of aryl methyl sites for hydroxylation is 2. The zero-order valence-electron chi connectivity index (χ0n) is 15.7. The van der Waals surface area contributed by atoms with Crippen LogP contribution in [0.5, 0.6) is 0 Å². The summed E-state index contributed by atoms with van der Waals surface area (Å²) in [6.07, 6.45) is 3.71. The molecule has 0 saturated carbocycles. The van der Waals surface area contributed by atoms with Gasteiger partial charge in [0.1, 0.15) is 4.32 Å². The van der Waals surface area contributed by atoms with Crippen molar-refractivity contribution < 1.29 is 9.59 Å². The van der Waals surface area contributed by atoms with Crippen LogP contribution < -0.4 is 5.32 Å². The van der Waals surface area contributed by atoms with Crippen LogP contribution in [-0.4, -0.2) is 32.6 Å². The van der Waals surface area contributed by atoms with Crippen LogP contribution in [0, 0.1) is 6.92 Å². The van der Waals surface area contributed by atoms with Crippen LogP contribution in [0.4, 0.5) is 5.13 Å². The Balaban J connectivity index is 1.53. The summed E-state index contributed by atoms with van der Waals surface area (Å²) in [5.41, 5.74) is 3.13. The first kappa shape index (κ1) is 20.7. The Hall–Kier alpha value is -2.03. The van der Waals surface area contributed by atoms with Gasteiger partial charge in [0.25, 0.3) is 5.91 Å². The van der Waals surface area contributed by atoms with E-state index < -0.39 is 0 Å². The predicted octanol–water partition coefficient (Wildman–Crippen LogP) is 4.63. The lowest BCUT2D eigenvalue weighted by Gasteiger charge is -2.13. The summed E-state index contributed by atoms with van der Waals surface area (Å²) in [4.78, 5) is 31.1. The van der Waals surface area contributed by atoms with Crippen LogP contribution in [-0.2, 0) is 16.0 Å². The SMILES string of the molecule is CCc1ccc(/C=C2\SC(=S)N(CCCC(=O)Nc3nc(C)cs3)C2=O)cc1. The molecule has 28 heavy (non-hydrogen) atoms. The lowest BCUT2D eigenvalue weighted by molar-refractivity contribution is -0.122. The molecule has 0 spiro atoms. The maximum Gasteiger partial charge on any atom is 0.266 e. The molecule has 3 rings (SSSR count). The van der Waals surface area contributed by atoms with Crippen molar-refractivity contribution in [3.8, 4) is 0 Å². The van der Waals surface area contributed by atoms with Crippen molar-refractivity contribution in [2.24, 2.45) is 0 Å². The molecule has 0 unspecified atom stereocenters. The zero-order chi connectivity index (χ0) is 20.1. The van der Waals surface area contributed by atoms with Gasteiger partial charge in [0, 0.05) is 18.3 Å². The van der Waals surface area contributed by atoms with E-state index in [1.54, 1.807) is 4.90 Å². The van der Waals surface area contributed by atoms with Crippen molar-refractivity contribution in [2.75, 3.05) is 11.9 Å². The van der Waals surface area contributed by atoms with Crippen LogP contribution in [0.2, 0.25) is 0 Å². The van der Waals surface area contributed by atoms with E-state index in [-0.39, 0.29) is 11.8 Å². The van der Waals surface area contributed by atoms with Crippen LogP contribution in [0.15, 0.2) is 34.6 Å². The van der Waals surface area contributed by atoms with Crippen LogP contribution >= 0.6 is 35.3 Å². The van der Waals surface area contributed by atoms with Gasteiger partial charge < -0.3 is 5.32 Å². The van der Waals surface area contributed by atoms with E-state index in [0.717, 1.165) is 17.7 Å². The standard InChI is InChI=1S/C20H21N3O2S3/c1-3-14-6-8-15(9-7-14)11-16-18(25)23(20(26)28-16)10-4-5-17(24)22-19-21-13(2)12-27-19/h6-9,11-12H,3-5,10H2,1-2H3,(H,21,22,24)/b16-11-. The number of amides is 2. The van der Waals surface area contributed by atoms with Crippen LogP contribution in [0.25, 0.3) is 6.08 Å². The average Bonchev–Trinajstić information content (AvgIpc) is 3.19. The number of thiocarbonyl (C=S) groups is 1. The van der Waals surface area contributed by atoms with Gasteiger partial charge in [-0.05, 0) is 37.0 Å². The molecule has 1 aliphatic heterocycles. The Kier molecular flexibility index (Phi) is 6.98. The van der Waals surface area contributed by atoms with E-state index in [4.69, 9.17) is 12.2 Å². The maximum absolute atomic E-state index is 12.7. The van der Waals surface area contributed by atoms with E-state index >= 15 is 0 Å². The quantitative estimate of drug-likeness (QED) is 0.511. The smallest absolute Gasteiger partial charge is 0.266 e. The zero-order valence-corrected chi connectivity index (χ0v) is 18.2. The van der Waals surface area contributed by atoms with Crippen molar-refractivity contribution in [3.05, 3.63) is 51.4 Å². The molecule has 1 fully saturated rings. The summed E-state index contributed by atoms with van der Waals surface area (Å²) >= 11 is 8.07. The molecule has 0 atom stereocenters. The number of hydrogen-bond acceptors (Lipinski definition) is 6. The fourth-order valence-electron chi connectivity index (χ4n) is 2.68. The summed E-state index contributed by atoms with van der Waals surface area (Å²) in [6.45, 7) is 4.42. The second-order valence-corrected chi connectivity index (χ2v) is 8.91. The number of thiazole rings is 1. The molecule has 0 bridgehead atoms. The summed E-state index contributed by atoms with van der Waals surface area (Å²) in [5.74, 6) is -0.197. The number of hydrogen-bond donors (Lipinski definition) is 1. The van der Waals surface area contributed by atoms with Gasteiger partial charge in [-0.3, -0.25) is 14.5 Å². The third-order valence-electron chi connectivity index (χ3n) is 4.21. The van der Waals surface area contributed by atoms with Gasteiger partial charge in [0.05, 0.1) is 10.6 Å². The monoisotopic (exact) mass is 431 g/mol. The first-order valence-electron chi connectivity index (χ1n) is 9.02. The van der Waals surface area contributed by atoms with Crippen molar-refractivity contribution >= 4 is 62.7 Å². The molecule has 2 aromatic rings. The van der Waals surface area contributed by atoms with E-state index in [2.05, 4.69) is 29.4 Å². The van der Waals surface area contributed by atoms with E-state index in [1.807, 2.05) is 30.5 Å². The van der Waals surface area contributed by atoms with Gasteiger partial charge in [-0.25, -0.2) is 4.98 Å². The van der Waals surface area contributed by atoms with E-state index in [0.29, 0.717) is 33.7 Å². The third-order valence-corrected chi connectivity index (χ3v) is 6.46. The molecule has 1 aliphatic rings. The molecule has 8 heteroatoms. The average molecular weight is 432 g/mol. The minimum atomic E-state index is -0.105. The minimum absolute atomic E-state index is 0.0921. The molecule has 5 nitrogen and oxygen atoms in total. The number of thioether (sulfide) groups is 1. The lowest BCUT2D eigenvalue weighted by atomic mass is 10.1. The molecule has 1 aromatic heterocycles. The Morgan fingerprint density at radius 2 is 2.07 bits per heavy atom. The number of nitrogens with one attached hydrogen (secondary N) is 1. The minimum Gasteiger partial charge on any atom is -0.302 e. The Morgan fingerprint density at radius 1 is 1.32 bits per heavy atom. The summed E-state index contributed by atoms with van der Waals surface area (Å²) in [6, 6.07) is 8.15. The van der Waals surface area contributed by atoms with Gasteiger partial charge in [-0.2, -0.15) is 0 Å². The molecular formula is C20H21N3O2S3. The Bertz CT molecular complexity index is 919. The molecule has 2 amide bonds. The van der Waals surface area contributed by atoms with Gasteiger partial charge >= 0.3 is 0 Å². The number of carbonyl (C=O) groups is 2. The van der Waals surface area contributed by atoms with Crippen molar-refractivity contribution in [2.45, 2.75) is 33.1 Å². The second-order valence-electron chi connectivity index (χ2n) is 6.37. The fraction of sp³-hybridized carbons (Fsp3) is 0.300. The molecule has 2 heterocycles. The Morgan fingerprint density at radius 3 is 2.71 bits per heavy atom. The molecule has 146 valence electrons. The number of rotatable bonds is 7. The summed E-state index contributed by atoms with van der Waals surface area (Å²) in [7, 11) is 0. The van der Waals surface area contributed by atoms with Crippen LogP contribution in [0.3, 0.4) is 0 Å². The highest BCUT2D eigenvalue weighted by Crippen LogP contribution is 2.32. The number of benzene rings is 1. The maximum atomic E-state index is 12.7. The molecule has 0 radical (unpaired) electrons. The highest BCUT2D eigenvalue weighted by Gasteiger charge is 2.31. The normalized spacial score (nSPS) is 15.5. The lowest BCUT2D eigenvalue weighted by Crippen LogP contribution is -2.29. The van der Waals surface area contributed by atoms with Crippen molar-refractivity contribution in [1.82, 2.24) is 9.88 Å². The molecule has 1 aromatic carbocycles. The summed E-state index contributed by atoms with van der Waals surface area (Å²) in [5, 5.41) is 5.27. The molecule has 0 aliphatic carbocycles. The Labute approximate surface area is 178 Å². The van der Waals surface area contributed by atoms with Crippen molar-refractivity contribution in [3.63, 3.8) is 0 Å². The number of carbonyl (C=O) groups excluding carboxylic acids is 2. The van der Waals surface area contributed by atoms with Gasteiger partial charge in [-0.15, -0.1) is 11.3 Å². The van der Waals surface area contributed by atoms with E-state index in [9.17, 15) is 9.59 Å². The van der Waals surface area contributed by atoms with Crippen molar-refractivity contribution in [1.29, 1.82) is 0 Å². The highest BCUT2D eigenvalue weighted by molar-refractivity contribution is 8.26.